The number of rotatable bonds is 3. The number of aromatic nitrogens is 2. The topological polar surface area (TPSA) is 89.0 Å². The first-order chi connectivity index (χ1) is 9.38. The van der Waals surface area contributed by atoms with Gasteiger partial charge in [-0.25, -0.2) is 9.71 Å². The normalized spacial score (nSPS) is 11.1. The first-order valence-electron chi connectivity index (χ1n) is 5.18. The molecule has 2 aromatic heterocycles. The Hall–Kier alpha value is -1.51. The van der Waals surface area contributed by atoms with Gasteiger partial charge in [0.2, 0.25) is 0 Å². The maximum Gasteiger partial charge on any atom is 0.281 e. The maximum absolute atomic E-state index is 11.9. The van der Waals surface area contributed by atoms with Crippen molar-refractivity contribution in [3.05, 3.63) is 51.8 Å². The Morgan fingerprint density at radius 1 is 1.25 bits per heavy atom. The van der Waals surface area contributed by atoms with Crippen molar-refractivity contribution in [3.63, 3.8) is 0 Å². The van der Waals surface area contributed by atoms with E-state index in [1.54, 1.807) is 0 Å². The lowest BCUT2D eigenvalue weighted by molar-refractivity contribution is 0.0981. The van der Waals surface area contributed by atoms with Gasteiger partial charge in [-0.3, -0.25) is 9.78 Å². The Morgan fingerprint density at radius 2 is 2.00 bits per heavy atom. The highest BCUT2D eigenvalue weighted by Gasteiger charge is 2.20. The fourth-order valence-corrected chi connectivity index (χ4v) is 2.67. The zero-order chi connectivity index (χ0) is 14.8. The summed E-state index contributed by atoms with van der Waals surface area (Å²) in [5.74, 6) is -0.796. The van der Waals surface area contributed by atoms with Gasteiger partial charge in [0.15, 0.2) is 5.03 Å². The van der Waals surface area contributed by atoms with Crippen LogP contribution in [0.4, 0.5) is 0 Å². The molecule has 0 saturated carbocycles. The molecule has 0 aliphatic rings. The lowest BCUT2D eigenvalue weighted by atomic mass is 10.3. The van der Waals surface area contributed by atoms with E-state index in [0.29, 0.717) is 9.50 Å². The Bertz CT molecular complexity index is 750. The fraction of sp³-hybridized carbons (Fsp3) is 0. The van der Waals surface area contributed by atoms with Crippen molar-refractivity contribution >= 4 is 43.5 Å². The second-order valence-corrected chi connectivity index (χ2v) is 6.62. The third kappa shape index (κ3) is 3.53. The quantitative estimate of drug-likeness (QED) is 0.885. The monoisotopic (exact) mass is 375 g/mol. The average molecular weight is 377 g/mol. The van der Waals surface area contributed by atoms with Crippen molar-refractivity contribution < 1.29 is 13.2 Å². The molecule has 0 aliphatic heterocycles. The minimum atomic E-state index is -4.05. The first-order valence-corrected chi connectivity index (χ1v) is 7.83. The van der Waals surface area contributed by atoms with Crippen LogP contribution in [-0.2, 0) is 10.0 Å². The van der Waals surface area contributed by atoms with Gasteiger partial charge in [0, 0.05) is 23.1 Å². The van der Waals surface area contributed by atoms with Gasteiger partial charge in [-0.2, -0.15) is 8.42 Å². The predicted molar refractivity (Wildman–Crippen MR) is 75.8 cm³/mol. The molecule has 104 valence electrons. The molecule has 0 saturated heterocycles. The molecule has 1 N–H and O–H groups in total. The third-order valence-corrected chi connectivity index (χ3v) is 4.07. The van der Waals surface area contributed by atoms with Crippen LogP contribution in [-0.4, -0.2) is 24.3 Å². The van der Waals surface area contributed by atoms with Gasteiger partial charge in [-0.1, -0.05) is 11.6 Å². The molecule has 0 unspecified atom stereocenters. The summed E-state index contributed by atoms with van der Waals surface area (Å²) in [6.07, 6.45) is 3.91. The molecule has 0 atom stereocenters. The summed E-state index contributed by atoms with van der Waals surface area (Å²) in [4.78, 5) is 19.3. The van der Waals surface area contributed by atoms with Crippen molar-refractivity contribution in [2.45, 2.75) is 5.03 Å². The molecule has 1 amide bonds. The number of sulfonamides is 1. The van der Waals surface area contributed by atoms with Gasteiger partial charge >= 0.3 is 0 Å². The Morgan fingerprint density at radius 3 is 2.60 bits per heavy atom. The number of carbonyl (C=O) groups is 1. The van der Waals surface area contributed by atoms with E-state index in [1.807, 2.05) is 4.72 Å². The summed E-state index contributed by atoms with van der Waals surface area (Å²) in [6.45, 7) is 0. The molecule has 2 heterocycles. The largest absolute Gasteiger partial charge is 0.281 e. The molecular formula is C11H7BrClN3O3S. The molecule has 0 radical (unpaired) electrons. The smallest absolute Gasteiger partial charge is 0.268 e. The number of amides is 1. The van der Waals surface area contributed by atoms with Crippen LogP contribution >= 0.6 is 27.5 Å². The van der Waals surface area contributed by atoms with Crippen LogP contribution in [0.25, 0.3) is 0 Å². The molecule has 0 bridgehead atoms. The van der Waals surface area contributed by atoms with Crippen LogP contribution in [0, 0.1) is 0 Å². The zero-order valence-electron chi connectivity index (χ0n) is 9.75. The second-order valence-electron chi connectivity index (χ2n) is 3.64. The van der Waals surface area contributed by atoms with Crippen LogP contribution in [0.5, 0.6) is 0 Å². The predicted octanol–water partition coefficient (Wildman–Crippen LogP) is 2.01. The van der Waals surface area contributed by atoms with Gasteiger partial charge < -0.3 is 0 Å². The van der Waals surface area contributed by atoms with Crippen LogP contribution in [0.1, 0.15) is 10.4 Å². The summed E-state index contributed by atoms with van der Waals surface area (Å²) >= 11 is 8.77. The lowest BCUT2D eigenvalue weighted by Crippen LogP contribution is -2.31. The third-order valence-electron chi connectivity index (χ3n) is 2.17. The number of pyridine rings is 2. The minimum absolute atomic E-state index is 0.108. The van der Waals surface area contributed by atoms with Gasteiger partial charge in [0.1, 0.15) is 0 Å². The van der Waals surface area contributed by atoms with E-state index in [0.717, 1.165) is 0 Å². The first kappa shape index (κ1) is 14.9. The van der Waals surface area contributed by atoms with E-state index < -0.39 is 15.9 Å². The van der Waals surface area contributed by atoms with Crippen molar-refractivity contribution in [3.8, 4) is 0 Å². The van der Waals surface area contributed by atoms with Crippen LogP contribution in [0.2, 0.25) is 5.02 Å². The van der Waals surface area contributed by atoms with Crippen molar-refractivity contribution in [1.82, 2.24) is 14.7 Å². The van der Waals surface area contributed by atoms with E-state index in [2.05, 4.69) is 25.9 Å². The molecule has 20 heavy (non-hydrogen) atoms. The van der Waals surface area contributed by atoms with Gasteiger partial charge in [0.25, 0.3) is 15.9 Å². The molecule has 0 spiro atoms. The minimum Gasteiger partial charge on any atom is -0.268 e. The van der Waals surface area contributed by atoms with Gasteiger partial charge in [-0.15, -0.1) is 0 Å². The molecule has 9 heteroatoms. The average Bonchev–Trinajstić information content (AvgIpc) is 2.38. The summed E-state index contributed by atoms with van der Waals surface area (Å²) in [7, 11) is -4.05. The number of hydrogen-bond donors (Lipinski definition) is 1. The highest BCUT2D eigenvalue weighted by Crippen LogP contribution is 2.12. The molecule has 2 rings (SSSR count). The van der Waals surface area contributed by atoms with Crippen LogP contribution in [0.15, 0.2) is 46.3 Å². The summed E-state index contributed by atoms with van der Waals surface area (Å²) in [5, 5.41) is 0.00433. The number of carbonyl (C=O) groups excluding carboxylic acids is 1. The van der Waals surface area contributed by atoms with E-state index in [4.69, 9.17) is 11.6 Å². The second kappa shape index (κ2) is 5.86. The molecule has 2 aromatic rings. The van der Waals surface area contributed by atoms with Gasteiger partial charge in [-0.05, 0) is 34.1 Å². The molecule has 0 fully saturated rings. The molecule has 6 nitrogen and oxygen atoms in total. The molecule has 0 aromatic carbocycles. The van der Waals surface area contributed by atoms with Gasteiger partial charge in [0.05, 0.1) is 10.6 Å². The van der Waals surface area contributed by atoms with E-state index in [9.17, 15) is 13.2 Å². The van der Waals surface area contributed by atoms with Crippen LogP contribution in [0.3, 0.4) is 0 Å². The molecular weight excluding hydrogens is 370 g/mol. The van der Waals surface area contributed by atoms with Crippen molar-refractivity contribution in [2.24, 2.45) is 0 Å². The Kier molecular flexibility index (Phi) is 4.36. The van der Waals surface area contributed by atoms with E-state index >= 15 is 0 Å². The SMILES string of the molecule is O=C(NS(=O)(=O)c1ccc(Cl)cn1)c1cncc(Br)c1. The summed E-state index contributed by atoms with van der Waals surface area (Å²) in [6, 6.07) is 4.03. The zero-order valence-corrected chi connectivity index (χ0v) is 12.9. The maximum atomic E-state index is 11.9. The van der Waals surface area contributed by atoms with E-state index in [-0.39, 0.29) is 10.6 Å². The molecule has 0 aliphatic carbocycles. The Labute approximate surface area is 128 Å². The van der Waals surface area contributed by atoms with Crippen molar-refractivity contribution in [1.29, 1.82) is 0 Å². The fourth-order valence-electron chi connectivity index (χ4n) is 1.29. The lowest BCUT2D eigenvalue weighted by Gasteiger charge is -2.06. The number of halogens is 2. The van der Waals surface area contributed by atoms with E-state index in [1.165, 1.54) is 36.8 Å². The van der Waals surface area contributed by atoms with Crippen molar-refractivity contribution in [2.75, 3.05) is 0 Å². The summed E-state index contributed by atoms with van der Waals surface area (Å²) in [5.41, 5.74) is 0.108. The van der Waals surface area contributed by atoms with Crippen LogP contribution < -0.4 is 4.72 Å². The number of hydrogen-bond acceptors (Lipinski definition) is 5. The summed E-state index contributed by atoms with van der Waals surface area (Å²) < 4.78 is 26.3. The Balaban J connectivity index is 2.24. The number of nitrogens with one attached hydrogen (secondary N) is 1. The highest BCUT2D eigenvalue weighted by atomic mass is 79.9. The highest BCUT2D eigenvalue weighted by molar-refractivity contribution is 9.10. The number of nitrogens with zero attached hydrogens (tertiary/aromatic N) is 2. The standard InChI is InChI=1S/C11H7BrClN3O3S/c12-8-3-7(4-14-5-8)11(17)16-20(18,19)10-2-1-9(13)6-15-10/h1-6H,(H,16,17).